The summed E-state index contributed by atoms with van der Waals surface area (Å²) in [5.74, 6) is 3.36. The van der Waals surface area contributed by atoms with Crippen molar-refractivity contribution in [1.82, 2.24) is 0 Å². The first kappa shape index (κ1) is 19.4. The molecule has 4 heteroatoms. The molecule has 0 spiro atoms. The fraction of sp³-hybridized carbons (Fsp3) is 0.733. The minimum absolute atomic E-state index is 0.187. The van der Waals surface area contributed by atoms with Gasteiger partial charge in [0.1, 0.15) is 8.07 Å². The van der Waals surface area contributed by atoms with Crippen molar-refractivity contribution in [2.75, 3.05) is 0 Å². The normalized spacial score (nSPS) is 14.3. The number of hydrogen-bond donors (Lipinski definition) is 0. The molecule has 0 unspecified atom stereocenters. The van der Waals surface area contributed by atoms with Crippen LogP contribution in [0.2, 0.25) is 37.8 Å². The molecule has 0 radical (unpaired) electrons. The Morgan fingerprint density at radius 2 is 1.63 bits per heavy atom. The van der Waals surface area contributed by atoms with E-state index in [0.717, 1.165) is 6.42 Å². The van der Waals surface area contributed by atoms with Gasteiger partial charge in [-0.25, -0.2) is 0 Å². The number of halogens is 1. The highest BCUT2D eigenvalue weighted by Crippen LogP contribution is 2.24. The molecule has 1 atom stereocenters. The minimum Gasteiger partial charge on any atom is -0.410 e. The lowest BCUT2D eigenvalue weighted by Crippen LogP contribution is -2.39. The highest BCUT2D eigenvalue weighted by molar-refractivity contribution is 14.1. The summed E-state index contributed by atoms with van der Waals surface area (Å²) in [6.45, 7) is 13.7. The lowest BCUT2D eigenvalue weighted by Gasteiger charge is -2.31. The van der Waals surface area contributed by atoms with E-state index in [1.54, 1.807) is 0 Å². The summed E-state index contributed by atoms with van der Waals surface area (Å²) in [6, 6.07) is 3.60. The molecule has 0 fully saturated rings. The Hall–Kier alpha value is 0.424. The van der Waals surface area contributed by atoms with Gasteiger partial charge in [0.2, 0.25) is 0 Å². The summed E-state index contributed by atoms with van der Waals surface area (Å²) in [5.41, 5.74) is 3.44. The summed E-state index contributed by atoms with van der Waals surface area (Å²) >= 11 is 2.27. The summed E-state index contributed by atoms with van der Waals surface area (Å²) in [7, 11) is -2.79. The first-order valence-electron chi connectivity index (χ1n) is 7.27. The highest BCUT2D eigenvalue weighted by atomic mass is 127. The average molecular weight is 408 g/mol. The third-order valence-corrected chi connectivity index (χ3v) is 9.40. The Kier molecular flexibility index (Phi) is 9.59. The van der Waals surface area contributed by atoms with Crippen LogP contribution in [-0.4, -0.2) is 22.5 Å². The molecule has 0 aliphatic rings. The Bertz CT molecular complexity index is 324. The Morgan fingerprint density at radius 3 is 2.00 bits per heavy atom. The van der Waals surface area contributed by atoms with Gasteiger partial charge in [-0.3, -0.25) is 0 Å². The van der Waals surface area contributed by atoms with Crippen LogP contribution in [0, 0.1) is 11.5 Å². The van der Waals surface area contributed by atoms with E-state index in [1.165, 1.54) is 18.1 Å². The van der Waals surface area contributed by atoms with Gasteiger partial charge in [-0.15, -0.1) is 11.5 Å². The fourth-order valence-electron chi connectivity index (χ4n) is 1.97. The van der Waals surface area contributed by atoms with Crippen LogP contribution in [-0.2, 0) is 4.43 Å². The van der Waals surface area contributed by atoms with E-state index in [9.17, 15) is 0 Å². The molecule has 0 amide bonds. The van der Waals surface area contributed by atoms with Crippen LogP contribution in [0.4, 0.5) is 0 Å². The second kappa shape index (κ2) is 9.38. The van der Waals surface area contributed by atoms with Gasteiger partial charge < -0.3 is 4.43 Å². The smallest absolute Gasteiger partial charge is 0.192 e. The standard InChI is InChI=1S/C15H29IOSi2/c1-7-19(8-2,9-3)17-15(12-13-16)11-10-14-18(4,5)6/h12-13,15H,7-9,11H2,1-6H3/t15-/m1/s1. The van der Waals surface area contributed by atoms with E-state index in [1.807, 2.05) is 0 Å². The highest BCUT2D eigenvalue weighted by Gasteiger charge is 2.31. The summed E-state index contributed by atoms with van der Waals surface area (Å²) in [5, 5.41) is 0. The monoisotopic (exact) mass is 408 g/mol. The maximum atomic E-state index is 6.50. The van der Waals surface area contributed by atoms with Crippen LogP contribution in [0.5, 0.6) is 0 Å². The molecule has 19 heavy (non-hydrogen) atoms. The largest absolute Gasteiger partial charge is 0.410 e. The molecule has 0 rings (SSSR count). The number of hydrogen-bond acceptors (Lipinski definition) is 1. The maximum Gasteiger partial charge on any atom is 0.192 e. The van der Waals surface area contributed by atoms with Crippen molar-refractivity contribution in [3.05, 3.63) is 10.2 Å². The molecular weight excluding hydrogens is 379 g/mol. The van der Waals surface area contributed by atoms with Gasteiger partial charge in [-0.1, -0.05) is 69.1 Å². The molecule has 0 saturated carbocycles. The molecule has 0 heterocycles. The summed E-state index contributed by atoms with van der Waals surface area (Å²) in [4.78, 5) is 0. The van der Waals surface area contributed by atoms with Gasteiger partial charge in [0.05, 0.1) is 6.10 Å². The predicted molar refractivity (Wildman–Crippen MR) is 101 cm³/mol. The minimum atomic E-state index is -1.52. The van der Waals surface area contributed by atoms with Crippen molar-refractivity contribution < 1.29 is 4.43 Å². The Morgan fingerprint density at radius 1 is 1.11 bits per heavy atom. The van der Waals surface area contributed by atoms with Gasteiger partial charge in [-0.2, -0.15) is 0 Å². The number of rotatable bonds is 7. The quantitative estimate of drug-likeness (QED) is 0.303. The maximum absolute atomic E-state index is 6.50. The van der Waals surface area contributed by atoms with Crippen molar-refractivity contribution in [2.24, 2.45) is 0 Å². The first-order chi connectivity index (χ1) is 8.82. The van der Waals surface area contributed by atoms with Crippen LogP contribution in [0.1, 0.15) is 27.2 Å². The van der Waals surface area contributed by atoms with Crippen molar-refractivity contribution in [3.63, 3.8) is 0 Å². The van der Waals surface area contributed by atoms with Crippen LogP contribution >= 0.6 is 22.6 Å². The van der Waals surface area contributed by atoms with E-state index < -0.39 is 16.4 Å². The van der Waals surface area contributed by atoms with Crippen molar-refractivity contribution in [1.29, 1.82) is 0 Å². The lowest BCUT2D eigenvalue weighted by atomic mass is 10.3. The molecule has 0 aromatic heterocycles. The van der Waals surface area contributed by atoms with E-state index >= 15 is 0 Å². The Labute approximate surface area is 135 Å². The second-order valence-electron chi connectivity index (χ2n) is 5.97. The van der Waals surface area contributed by atoms with Crippen molar-refractivity contribution in [2.45, 2.75) is 71.1 Å². The van der Waals surface area contributed by atoms with Gasteiger partial charge in [-0.05, 0) is 22.2 Å². The zero-order chi connectivity index (χ0) is 14.9. The molecule has 110 valence electrons. The van der Waals surface area contributed by atoms with Crippen molar-refractivity contribution in [3.8, 4) is 11.5 Å². The van der Waals surface area contributed by atoms with Gasteiger partial charge in [0, 0.05) is 6.42 Å². The fourth-order valence-corrected chi connectivity index (χ4v) is 5.87. The zero-order valence-electron chi connectivity index (χ0n) is 13.3. The molecule has 0 aromatic carbocycles. The molecule has 0 saturated heterocycles. The van der Waals surface area contributed by atoms with Crippen LogP contribution in [0.15, 0.2) is 10.2 Å². The first-order valence-corrected chi connectivity index (χ1v) is 14.5. The van der Waals surface area contributed by atoms with E-state index in [4.69, 9.17) is 4.43 Å². The van der Waals surface area contributed by atoms with Gasteiger partial charge in [0.25, 0.3) is 0 Å². The third-order valence-electron chi connectivity index (χ3n) is 3.39. The molecule has 0 aliphatic carbocycles. The van der Waals surface area contributed by atoms with Crippen molar-refractivity contribution >= 4 is 39.0 Å². The van der Waals surface area contributed by atoms with Gasteiger partial charge >= 0.3 is 0 Å². The second-order valence-corrected chi connectivity index (χ2v) is 16.2. The van der Waals surface area contributed by atoms with Crippen LogP contribution < -0.4 is 0 Å². The van der Waals surface area contributed by atoms with E-state index in [2.05, 4.69) is 84.6 Å². The molecule has 0 bridgehead atoms. The molecule has 1 nitrogen and oxygen atoms in total. The topological polar surface area (TPSA) is 9.23 Å². The SMILES string of the molecule is CC[Si](CC)(CC)O[C@@H](C=CI)CC#C[Si](C)(C)C. The predicted octanol–water partition coefficient (Wildman–Crippen LogP) is 5.60. The van der Waals surface area contributed by atoms with Crippen LogP contribution in [0.25, 0.3) is 0 Å². The van der Waals surface area contributed by atoms with Crippen LogP contribution in [0.3, 0.4) is 0 Å². The average Bonchev–Trinajstić information content (AvgIpc) is 2.34. The molecule has 0 N–H and O–H groups in total. The molecule has 0 aliphatic heterocycles. The lowest BCUT2D eigenvalue weighted by molar-refractivity contribution is 0.238. The zero-order valence-corrected chi connectivity index (χ0v) is 17.5. The molecule has 0 aromatic rings. The van der Waals surface area contributed by atoms with E-state index in [-0.39, 0.29) is 6.10 Å². The third kappa shape index (κ3) is 8.33. The summed E-state index contributed by atoms with van der Waals surface area (Å²) < 4.78 is 8.57. The Balaban J connectivity index is 4.77. The van der Waals surface area contributed by atoms with Gasteiger partial charge in [0.15, 0.2) is 8.32 Å². The summed E-state index contributed by atoms with van der Waals surface area (Å²) in [6.07, 6.45) is 3.20. The molecular formula is C15H29IOSi2. The van der Waals surface area contributed by atoms with E-state index in [0.29, 0.717) is 0 Å².